The van der Waals surface area contributed by atoms with Crippen LogP contribution in [-0.2, 0) is 16.0 Å². The third kappa shape index (κ3) is 4.32. The molecule has 2 heterocycles. The van der Waals surface area contributed by atoms with E-state index in [1.54, 1.807) is 11.3 Å². The molecule has 1 aliphatic heterocycles. The predicted molar refractivity (Wildman–Crippen MR) is 94.1 cm³/mol. The molecule has 1 fully saturated rings. The van der Waals surface area contributed by atoms with Gasteiger partial charge in [0, 0.05) is 25.9 Å². The molecule has 0 radical (unpaired) electrons. The molecule has 6 heteroatoms. The van der Waals surface area contributed by atoms with Gasteiger partial charge in [-0.2, -0.15) is 0 Å². The van der Waals surface area contributed by atoms with Crippen LogP contribution in [0.2, 0.25) is 0 Å². The van der Waals surface area contributed by atoms with Crippen molar-refractivity contribution in [2.45, 2.75) is 38.5 Å². The van der Waals surface area contributed by atoms with Crippen LogP contribution >= 0.6 is 11.3 Å². The third-order valence-corrected chi connectivity index (χ3v) is 5.65. The molecule has 0 atom stereocenters. The third-order valence-electron chi connectivity index (χ3n) is 4.55. The number of carboxylic acid groups (broad SMARTS) is 1. The summed E-state index contributed by atoms with van der Waals surface area (Å²) in [6.45, 7) is 1.38. The number of carbonyl (C=O) groups excluding carboxylic acids is 1. The van der Waals surface area contributed by atoms with Crippen LogP contribution in [0.5, 0.6) is 0 Å². The lowest BCUT2D eigenvalue weighted by atomic mass is 9.93. The van der Waals surface area contributed by atoms with Crippen molar-refractivity contribution < 1.29 is 14.7 Å². The van der Waals surface area contributed by atoms with E-state index in [9.17, 15) is 9.59 Å². The zero-order valence-corrected chi connectivity index (χ0v) is 14.4. The maximum absolute atomic E-state index is 12.3. The van der Waals surface area contributed by atoms with Crippen molar-refractivity contribution in [3.63, 3.8) is 0 Å². The first-order chi connectivity index (χ1) is 11.6. The lowest BCUT2D eigenvalue weighted by molar-refractivity contribution is -0.138. The molecule has 0 saturated carbocycles. The van der Waals surface area contributed by atoms with E-state index in [0.717, 1.165) is 36.2 Å². The minimum absolute atomic E-state index is 0.185. The number of likely N-dealkylation sites (tertiary alicyclic amines) is 1. The fourth-order valence-electron chi connectivity index (χ4n) is 3.21. The number of carboxylic acids is 1. The number of aryl methyl sites for hydroxylation is 1. The van der Waals surface area contributed by atoms with Crippen molar-refractivity contribution in [1.82, 2.24) is 9.88 Å². The molecule has 128 valence electrons. The fourth-order valence-corrected chi connectivity index (χ4v) is 4.22. The highest BCUT2D eigenvalue weighted by Gasteiger charge is 2.23. The van der Waals surface area contributed by atoms with E-state index in [1.165, 1.54) is 4.70 Å². The van der Waals surface area contributed by atoms with E-state index < -0.39 is 5.97 Å². The normalized spacial score (nSPS) is 15.8. The second-order valence-corrected chi connectivity index (χ2v) is 7.47. The van der Waals surface area contributed by atoms with Gasteiger partial charge in [-0.15, -0.1) is 11.3 Å². The molecule has 0 aliphatic carbocycles. The number of para-hydroxylation sites is 1. The van der Waals surface area contributed by atoms with Crippen LogP contribution in [0.4, 0.5) is 0 Å². The fraction of sp³-hybridized carbons (Fsp3) is 0.500. The summed E-state index contributed by atoms with van der Waals surface area (Å²) in [6, 6.07) is 8.09. The second-order valence-electron chi connectivity index (χ2n) is 6.35. The topological polar surface area (TPSA) is 70.5 Å². The lowest BCUT2D eigenvalue weighted by Crippen LogP contribution is -2.38. The second kappa shape index (κ2) is 7.75. The van der Waals surface area contributed by atoms with Gasteiger partial charge in [0.2, 0.25) is 5.91 Å². The van der Waals surface area contributed by atoms with Crippen molar-refractivity contribution in [1.29, 1.82) is 0 Å². The molecule has 3 rings (SSSR count). The molecule has 1 saturated heterocycles. The summed E-state index contributed by atoms with van der Waals surface area (Å²) in [4.78, 5) is 29.5. The van der Waals surface area contributed by atoms with Crippen molar-refractivity contribution in [3.8, 4) is 0 Å². The number of fused-ring (bicyclic) bond motifs is 1. The number of rotatable bonds is 6. The average molecular weight is 346 g/mol. The Bertz CT molecular complexity index is 687. The zero-order chi connectivity index (χ0) is 16.9. The van der Waals surface area contributed by atoms with Crippen LogP contribution in [0.1, 0.15) is 37.1 Å². The van der Waals surface area contributed by atoms with Gasteiger partial charge in [0.15, 0.2) is 0 Å². The number of thiazole rings is 1. The lowest BCUT2D eigenvalue weighted by Gasteiger charge is -2.31. The summed E-state index contributed by atoms with van der Waals surface area (Å²) in [7, 11) is 0. The zero-order valence-electron chi connectivity index (χ0n) is 13.6. The van der Waals surface area contributed by atoms with E-state index in [4.69, 9.17) is 5.11 Å². The average Bonchev–Trinajstić information content (AvgIpc) is 2.97. The Kier molecular flexibility index (Phi) is 5.45. The van der Waals surface area contributed by atoms with E-state index in [1.807, 2.05) is 23.1 Å². The predicted octanol–water partition coefficient (Wildman–Crippen LogP) is 3.33. The largest absolute Gasteiger partial charge is 0.481 e. The summed E-state index contributed by atoms with van der Waals surface area (Å²) in [5.74, 6) is -0.338. The highest BCUT2D eigenvalue weighted by atomic mass is 32.1. The number of benzene rings is 1. The molecule has 0 spiro atoms. The van der Waals surface area contributed by atoms with Gasteiger partial charge in [0.25, 0.3) is 0 Å². The Hall–Kier alpha value is -1.95. The van der Waals surface area contributed by atoms with Crippen LogP contribution < -0.4 is 0 Å². The number of aromatic nitrogens is 1. The molecule has 0 bridgehead atoms. The maximum Gasteiger partial charge on any atom is 0.303 e. The van der Waals surface area contributed by atoms with Crippen molar-refractivity contribution >= 4 is 33.4 Å². The Balaban J connectivity index is 1.42. The van der Waals surface area contributed by atoms with Gasteiger partial charge in [-0.1, -0.05) is 12.1 Å². The molecule has 5 nitrogen and oxygen atoms in total. The minimum Gasteiger partial charge on any atom is -0.481 e. The smallest absolute Gasteiger partial charge is 0.303 e. The van der Waals surface area contributed by atoms with Crippen LogP contribution in [0.25, 0.3) is 10.2 Å². The number of amides is 1. The standard InChI is InChI=1S/C18H22N2O3S/c21-17(20-10-8-13(9-11-20)12-18(22)23)7-3-6-16-19-14-4-1-2-5-15(14)24-16/h1-2,4-5,13H,3,6-12H2,(H,22,23). The number of hydrogen-bond acceptors (Lipinski definition) is 4. The molecule has 0 unspecified atom stereocenters. The summed E-state index contributed by atoms with van der Waals surface area (Å²) in [6.07, 6.45) is 4.01. The summed E-state index contributed by atoms with van der Waals surface area (Å²) >= 11 is 1.70. The van der Waals surface area contributed by atoms with Gasteiger partial charge in [0.1, 0.15) is 0 Å². The Labute approximate surface area is 145 Å². The van der Waals surface area contributed by atoms with E-state index in [0.29, 0.717) is 19.5 Å². The van der Waals surface area contributed by atoms with Crippen LogP contribution in [0.3, 0.4) is 0 Å². The molecule has 1 N–H and O–H groups in total. The Morgan fingerprint density at radius 1 is 1.25 bits per heavy atom. The first kappa shape index (κ1) is 16.9. The SMILES string of the molecule is O=C(O)CC1CCN(C(=O)CCCc2nc3ccccc3s2)CC1. The van der Waals surface area contributed by atoms with E-state index in [2.05, 4.69) is 11.1 Å². The molecule has 2 aromatic rings. The quantitative estimate of drug-likeness (QED) is 0.871. The molecule has 1 aromatic heterocycles. The van der Waals surface area contributed by atoms with E-state index >= 15 is 0 Å². The summed E-state index contributed by atoms with van der Waals surface area (Å²) in [5.41, 5.74) is 1.03. The Morgan fingerprint density at radius 2 is 2.00 bits per heavy atom. The van der Waals surface area contributed by atoms with Crippen molar-refractivity contribution in [3.05, 3.63) is 29.3 Å². The van der Waals surface area contributed by atoms with Gasteiger partial charge in [-0.25, -0.2) is 4.98 Å². The monoisotopic (exact) mass is 346 g/mol. The summed E-state index contributed by atoms with van der Waals surface area (Å²) < 4.78 is 1.19. The molecule has 1 aliphatic rings. The van der Waals surface area contributed by atoms with Crippen molar-refractivity contribution in [2.75, 3.05) is 13.1 Å². The van der Waals surface area contributed by atoms with E-state index in [-0.39, 0.29) is 18.2 Å². The van der Waals surface area contributed by atoms with Gasteiger partial charge in [0.05, 0.1) is 15.2 Å². The molecule has 24 heavy (non-hydrogen) atoms. The van der Waals surface area contributed by atoms with Gasteiger partial charge < -0.3 is 10.0 Å². The number of carbonyl (C=O) groups is 2. The number of piperidine rings is 1. The van der Waals surface area contributed by atoms with Crippen LogP contribution in [-0.4, -0.2) is 40.0 Å². The molecule has 1 amide bonds. The number of aliphatic carboxylic acids is 1. The van der Waals surface area contributed by atoms with Crippen molar-refractivity contribution in [2.24, 2.45) is 5.92 Å². The Morgan fingerprint density at radius 3 is 2.71 bits per heavy atom. The minimum atomic E-state index is -0.740. The first-order valence-corrected chi connectivity index (χ1v) is 9.27. The van der Waals surface area contributed by atoms with Crippen LogP contribution in [0, 0.1) is 5.92 Å². The van der Waals surface area contributed by atoms with Crippen LogP contribution in [0.15, 0.2) is 24.3 Å². The highest BCUT2D eigenvalue weighted by Crippen LogP contribution is 2.24. The van der Waals surface area contributed by atoms with Gasteiger partial charge >= 0.3 is 5.97 Å². The number of hydrogen-bond donors (Lipinski definition) is 1. The molecular formula is C18H22N2O3S. The number of nitrogens with zero attached hydrogens (tertiary/aromatic N) is 2. The maximum atomic E-state index is 12.3. The molecular weight excluding hydrogens is 324 g/mol. The first-order valence-electron chi connectivity index (χ1n) is 8.46. The molecule has 1 aromatic carbocycles. The highest BCUT2D eigenvalue weighted by molar-refractivity contribution is 7.18. The van der Waals surface area contributed by atoms with Gasteiger partial charge in [-0.3, -0.25) is 9.59 Å². The summed E-state index contributed by atoms with van der Waals surface area (Å²) in [5, 5.41) is 9.92. The van der Waals surface area contributed by atoms with Gasteiger partial charge in [-0.05, 0) is 43.7 Å².